The summed E-state index contributed by atoms with van der Waals surface area (Å²) in [6, 6.07) is 3.68. The molecular weight excluding hydrogens is 288 g/mol. The number of benzene rings is 1. The lowest BCUT2D eigenvalue weighted by atomic mass is 9.95. The maximum absolute atomic E-state index is 12.7. The fourth-order valence-electron chi connectivity index (χ4n) is 3.01. The van der Waals surface area contributed by atoms with E-state index in [0.717, 1.165) is 13.1 Å². The highest BCUT2D eigenvalue weighted by molar-refractivity contribution is 5.79. The third kappa shape index (κ3) is 2.31. The van der Waals surface area contributed by atoms with E-state index >= 15 is 0 Å². The highest BCUT2D eigenvalue weighted by atomic mass is 16.6. The van der Waals surface area contributed by atoms with E-state index in [-0.39, 0.29) is 23.0 Å². The van der Waals surface area contributed by atoms with Crippen LogP contribution in [0.3, 0.4) is 0 Å². The van der Waals surface area contributed by atoms with Crippen LogP contribution in [0.4, 0.5) is 5.69 Å². The predicted octanol–water partition coefficient (Wildman–Crippen LogP) is 0.768. The van der Waals surface area contributed by atoms with Gasteiger partial charge in [0.05, 0.1) is 15.8 Å². The van der Waals surface area contributed by atoms with Gasteiger partial charge in [0.25, 0.3) is 11.2 Å². The van der Waals surface area contributed by atoms with Crippen molar-refractivity contribution in [2.75, 3.05) is 13.1 Å². The van der Waals surface area contributed by atoms with Gasteiger partial charge in [0.1, 0.15) is 0 Å². The van der Waals surface area contributed by atoms with Gasteiger partial charge in [-0.1, -0.05) is 6.92 Å². The molecule has 8 nitrogen and oxygen atoms in total. The number of nitrogens with zero attached hydrogens (tertiary/aromatic N) is 2. The first-order chi connectivity index (χ1) is 10.5. The van der Waals surface area contributed by atoms with Crippen molar-refractivity contribution < 1.29 is 4.92 Å². The van der Waals surface area contributed by atoms with Crippen LogP contribution in [-0.4, -0.2) is 27.6 Å². The summed E-state index contributed by atoms with van der Waals surface area (Å²) >= 11 is 0. The van der Waals surface area contributed by atoms with Crippen molar-refractivity contribution in [3.63, 3.8) is 0 Å². The van der Waals surface area contributed by atoms with Crippen LogP contribution in [0.5, 0.6) is 0 Å². The molecule has 1 saturated heterocycles. The summed E-state index contributed by atoms with van der Waals surface area (Å²) in [4.78, 5) is 37.9. The van der Waals surface area contributed by atoms with E-state index in [4.69, 9.17) is 0 Å². The Hall–Kier alpha value is -2.48. The number of nitro benzene ring substituents is 1. The van der Waals surface area contributed by atoms with Gasteiger partial charge >= 0.3 is 5.69 Å². The number of rotatable bonds is 2. The number of fused-ring (bicyclic) bond motifs is 1. The van der Waals surface area contributed by atoms with Crippen molar-refractivity contribution in [1.29, 1.82) is 0 Å². The van der Waals surface area contributed by atoms with Crippen LogP contribution in [0.2, 0.25) is 0 Å². The zero-order valence-electron chi connectivity index (χ0n) is 12.0. The van der Waals surface area contributed by atoms with Gasteiger partial charge in [-0.2, -0.15) is 0 Å². The molecule has 2 aromatic rings. The van der Waals surface area contributed by atoms with E-state index in [9.17, 15) is 19.7 Å². The molecule has 3 rings (SSSR count). The van der Waals surface area contributed by atoms with E-state index in [0.29, 0.717) is 11.9 Å². The normalized spacial score (nSPS) is 21.9. The van der Waals surface area contributed by atoms with E-state index < -0.39 is 16.2 Å². The topological polar surface area (TPSA) is 110 Å². The minimum Gasteiger partial charge on any atom is -0.316 e. The van der Waals surface area contributed by atoms with Gasteiger partial charge < -0.3 is 10.3 Å². The molecule has 22 heavy (non-hydrogen) atoms. The molecule has 0 amide bonds. The summed E-state index contributed by atoms with van der Waals surface area (Å²) in [5, 5.41) is 14.3. The minimum atomic E-state index is -0.554. The van der Waals surface area contributed by atoms with Gasteiger partial charge in [-0.15, -0.1) is 0 Å². The molecule has 8 heteroatoms. The molecule has 1 aliphatic heterocycles. The average Bonchev–Trinajstić information content (AvgIpc) is 2.48. The Morgan fingerprint density at radius 3 is 2.82 bits per heavy atom. The fourth-order valence-corrected chi connectivity index (χ4v) is 3.01. The Kier molecular flexibility index (Phi) is 3.53. The number of piperidine rings is 1. The molecule has 0 radical (unpaired) electrons. The smallest absolute Gasteiger partial charge is 0.316 e. The van der Waals surface area contributed by atoms with E-state index in [1.165, 1.54) is 22.8 Å². The Bertz CT molecular complexity index is 854. The number of aromatic nitrogens is 2. The number of nitro groups is 1. The van der Waals surface area contributed by atoms with Crippen molar-refractivity contribution in [3.8, 4) is 0 Å². The summed E-state index contributed by atoms with van der Waals surface area (Å²) < 4.78 is 1.21. The predicted molar refractivity (Wildman–Crippen MR) is 81.2 cm³/mol. The number of nitrogens with one attached hydrogen (secondary N) is 2. The molecule has 0 spiro atoms. The monoisotopic (exact) mass is 304 g/mol. The molecule has 1 aromatic heterocycles. The summed E-state index contributed by atoms with van der Waals surface area (Å²) in [5.41, 5.74) is -0.786. The second-order valence-electron chi connectivity index (χ2n) is 5.63. The van der Waals surface area contributed by atoms with Gasteiger partial charge in [-0.3, -0.25) is 19.5 Å². The van der Waals surface area contributed by atoms with Crippen LogP contribution in [-0.2, 0) is 0 Å². The molecular formula is C14H16N4O4. The molecule has 2 heterocycles. The maximum atomic E-state index is 12.7. The van der Waals surface area contributed by atoms with Crippen molar-refractivity contribution >= 4 is 16.6 Å². The third-order valence-electron chi connectivity index (χ3n) is 4.20. The number of hydrogen-bond donors (Lipinski definition) is 2. The number of H-pyrrole nitrogens is 1. The van der Waals surface area contributed by atoms with Crippen LogP contribution >= 0.6 is 0 Å². The van der Waals surface area contributed by atoms with Crippen molar-refractivity contribution in [1.82, 2.24) is 14.9 Å². The van der Waals surface area contributed by atoms with Crippen LogP contribution in [0.1, 0.15) is 19.4 Å². The van der Waals surface area contributed by atoms with E-state index in [1.54, 1.807) is 0 Å². The van der Waals surface area contributed by atoms with E-state index in [2.05, 4.69) is 10.3 Å². The summed E-state index contributed by atoms with van der Waals surface area (Å²) in [7, 11) is 0. The summed E-state index contributed by atoms with van der Waals surface area (Å²) in [6.07, 6.45) is 0.671. The zero-order valence-corrected chi connectivity index (χ0v) is 12.0. The van der Waals surface area contributed by atoms with Crippen LogP contribution < -0.4 is 16.6 Å². The number of non-ortho nitro benzene ring substituents is 1. The van der Waals surface area contributed by atoms with Crippen molar-refractivity contribution in [3.05, 3.63) is 49.2 Å². The molecule has 116 valence electrons. The molecule has 1 aliphatic rings. The molecule has 0 aliphatic carbocycles. The lowest BCUT2D eigenvalue weighted by Gasteiger charge is -2.30. The van der Waals surface area contributed by atoms with Gasteiger partial charge in [0.15, 0.2) is 0 Å². The Labute approximate surface area is 124 Å². The fraction of sp³-hybridized carbons (Fsp3) is 0.429. The van der Waals surface area contributed by atoms with Gasteiger partial charge in [0.2, 0.25) is 0 Å². The molecule has 1 fully saturated rings. The first-order valence-corrected chi connectivity index (χ1v) is 7.12. The molecule has 1 aromatic carbocycles. The lowest BCUT2D eigenvalue weighted by Crippen LogP contribution is -2.45. The summed E-state index contributed by atoms with van der Waals surface area (Å²) in [6.45, 7) is 3.43. The highest BCUT2D eigenvalue weighted by Crippen LogP contribution is 2.22. The van der Waals surface area contributed by atoms with Gasteiger partial charge in [0, 0.05) is 18.2 Å². The molecule has 2 N–H and O–H groups in total. The number of aromatic amines is 1. The molecule has 2 atom stereocenters. The average molecular weight is 304 g/mol. The van der Waals surface area contributed by atoms with Crippen molar-refractivity contribution in [2.45, 2.75) is 19.4 Å². The number of hydrogen-bond acceptors (Lipinski definition) is 5. The molecule has 0 bridgehead atoms. The van der Waals surface area contributed by atoms with Crippen molar-refractivity contribution in [2.24, 2.45) is 5.92 Å². The minimum absolute atomic E-state index is 0.128. The Morgan fingerprint density at radius 1 is 1.36 bits per heavy atom. The SMILES string of the molecule is CC1CNCCC1n1c(=O)[nH]c2ccc([N+](=O)[O-])cc2c1=O. The van der Waals surface area contributed by atoms with Crippen LogP contribution in [0.25, 0.3) is 10.9 Å². The standard InChI is InChI=1S/C14H16N4O4/c1-8-7-15-5-4-12(8)17-13(19)10-6-9(18(21)22)2-3-11(10)16-14(17)20/h2-3,6,8,12,15H,4-5,7H2,1H3,(H,16,20). The quantitative estimate of drug-likeness (QED) is 0.629. The maximum Gasteiger partial charge on any atom is 0.329 e. The molecule has 0 saturated carbocycles. The highest BCUT2D eigenvalue weighted by Gasteiger charge is 2.26. The van der Waals surface area contributed by atoms with Crippen LogP contribution in [0, 0.1) is 16.0 Å². The second kappa shape index (κ2) is 5.38. The lowest BCUT2D eigenvalue weighted by molar-refractivity contribution is -0.384. The summed E-state index contributed by atoms with van der Waals surface area (Å²) in [5.74, 6) is 0.128. The first-order valence-electron chi connectivity index (χ1n) is 7.12. The molecule has 2 unspecified atom stereocenters. The largest absolute Gasteiger partial charge is 0.329 e. The Morgan fingerprint density at radius 2 is 2.14 bits per heavy atom. The third-order valence-corrected chi connectivity index (χ3v) is 4.20. The zero-order chi connectivity index (χ0) is 15.9. The Balaban J connectivity index is 2.24. The second-order valence-corrected chi connectivity index (χ2v) is 5.63. The van der Waals surface area contributed by atoms with Gasteiger partial charge in [-0.05, 0) is 31.5 Å². The first kappa shape index (κ1) is 14.5. The van der Waals surface area contributed by atoms with Gasteiger partial charge in [-0.25, -0.2) is 4.79 Å². The van der Waals surface area contributed by atoms with Crippen LogP contribution in [0.15, 0.2) is 27.8 Å². The van der Waals surface area contributed by atoms with E-state index in [1.807, 2.05) is 6.92 Å².